The van der Waals surface area contributed by atoms with E-state index >= 15 is 0 Å². The number of hydrogen-bond donors (Lipinski definition) is 2. The van der Waals surface area contributed by atoms with Gasteiger partial charge in [-0.05, 0) is 30.3 Å². The van der Waals surface area contributed by atoms with E-state index in [1.807, 2.05) is 42.5 Å². The summed E-state index contributed by atoms with van der Waals surface area (Å²) in [6.07, 6.45) is 3.82. The molecular formula is C25H21N9O4. The average molecular weight is 512 g/mol. The van der Waals surface area contributed by atoms with E-state index in [1.54, 1.807) is 10.7 Å². The van der Waals surface area contributed by atoms with E-state index in [0.717, 1.165) is 5.69 Å². The van der Waals surface area contributed by atoms with Crippen LogP contribution in [0.25, 0.3) is 16.7 Å². The third kappa shape index (κ3) is 3.89. The van der Waals surface area contributed by atoms with Crippen molar-refractivity contribution in [1.29, 1.82) is 0 Å². The highest BCUT2D eigenvalue weighted by molar-refractivity contribution is 5.90. The number of fused-ring (bicyclic) bond motifs is 6. The van der Waals surface area contributed by atoms with Gasteiger partial charge in [0.05, 0.1) is 11.6 Å². The van der Waals surface area contributed by atoms with Crippen LogP contribution in [0.5, 0.6) is 17.2 Å². The summed E-state index contributed by atoms with van der Waals surface area (Å²) >= 11 is 0. The first-order valence-corrected chi connectivity index (χ1v) is 12.0. The number of ether oxygens (including phenoxy) is 2. The van der Waals surface area contributed by atoms with E-state index in [2.05, 4.69) is 30.3 Å². The Morgan fingerprint density at radius 2 is 1.95 bits per heavy atom. The molecular weight excluding hydrogens is 490 g/mol. The number of pyridine rings is 2. The Bertz CT molecular complexity index is 1670. The zero-order valence-corrected chi connectivity index (χ0v) is 19.9. The van der Waals surface area contributed by atoms with Crippen LogP contribution < -0.4 is 19.7 Å². The van der Waals surface area contributed by atoms with E-state index in [0.29, 0.717) is 65.2 Å². The zero-order valence-electron chi connectivity index (χ0n) is 19.9. The number of piperazine rings is 1. The third-order valence-corrected chi connectivity index (χ3v) is 6.62. The van der Waals surface area contributed by atoms with Gasteiger partial charge in [0.1, 0.15) is 36.3 Å². The molecule has 1 amide bonds. The Kier molecular flexibility index (Phi) is 5.06. The van der Waals surface area contributed by atoms with Crippen LogP contribution in [0.4, 0.5) is 22.1 Å². The molecule has 0 aliphatic carbocycles. The number of anilines is 3. The lowest BCUT2D eigenvalue weighted by Crippen LogP contribution is -2.56. The topological polar surface area (TPSA) is 143 Å². The molecule has 1 aromatic carbocycles. The van der Waals surface area contributed by atoms with Crippen LogP contribution in [0, 0.1) is 0 Å². The molecule has 0 unspecified atom stereocenters. The molecule has 1 fully saturated rings. The number of amides is 1. The number of carbonyl (C=O) groups is 1. The maximum atomic E-state index is 11.6. The summed E-state index contributed by atoms with van der Waals surface area (Å²) in [4.78, 5) is 32.9. The number of nitrogens with one attached hydrogen (secondary N) is 1. The first-order chi connectivity index (χ1) is 18.6. The molecule has 2 bridgehead atoms. The van der Waals surface area contributed by atoms with Crippen LogP contribution in [-0.2, 0) is 0 Å². The van der Waals surface area contributed by atoms with Crippen LogP contribution in [0.3, 0.4) is 0 Å². The molecule has 38 heavy (non-hydrogen) atoms. The minimum absolute atomic E-state index is 0.263. The van der Waals surface area contributed by atoms with Gasteiger partial charge in [0.15, 0.2) is 23.0 Å². The van der Waals surface area contributed by atoms with Crippen LogP contribution in [0.1, 0.15) is 0 Å². The van der Waals surface area contributed by atoms with Crippen molar-refractivity contribution in [2.45, 2.75) is 6.04 Å². The van der Waals surface area contributed by atoms with E-state index in [9.17, 15) is 9.90 Å². The summed E-state index contributed by atoms with van der Waals surface area (Å²) in [7, 11) is 0. The highest BCUT2D eigenvalue weighted by Gasteiger charge is 2.35. The molecule has 6 heterocycles. The standard InChI is InChI=1S/C25H21N9O4/c35-25(36)33-8-7-32-11-16(33)12-37-20-10-19-22(31-24(20)32)23(28-13-26-19)30-15-1-3-17(4-2-15)38-18-5-6-34-21(9-18)27-14-29-34/h1-6,9-10,13-14,16H,7-8,11-12H2,(H,35,36)(H,26,28,30)/t16-/m0/s1. The summed E-state index contributed by atoms with van der Waals surface area (Å²) in [5, 5.41) is 16.9. The molecule has 190 valence electrons. The van der Waals surface area contributed by atoms with Crippen molar-refractivity contribution in [3.8, 4) is 17.2 Å². The predicted molar refractivity (Wildman–Crippen MR) is 136 cm³/mol. The summed E-state index contributed by atoms with van der Waals surface area (Å²) in [6.45, 7) is 1.69. The summed E-state index contributed by atoms with van der Waals surface area (Å²) < 4.78 is 13.6. The number of benzene rings is 1. The van der Waals surface area contributed by atoms with Crippen molar-refractivity contribution in [2.75, 3.05) is 36.5 Å². The van der Waals surface area contributed by atoms with Gasteiger partial charge in [0, 0.05) is 43.7 Å². The smallest absolute Gasteiger partial charge is 0.407 e. The molecule has 7 rings (SSSR count). The Balaban J connectivity index is 1.14. The maximum absolute atomic E-state index is 11.6. The van der Waals surface area contributed by atoms with Crippen molar-refractivity contribution in [3.05, 3.63) is 61.3 Å². The Morgan fingerprint density at radius 1 is 1.05 bits per heavy atom. The maximum Gasteiger partial charge on any atom is 0.407 e. The fourth-order valence-corrected chi connectivity index (χ4v) is 4.75. The molecule has 0 spiro atoms. The van der Waals surface area contributed by atoms with Gasteiger partial charge in [-0.3, -0.25) is 4.90 Å². The Morgan fingerprint density at radius 3 is 2.82 bits per heavy atom. The molecule has 2 aliphatic rings. The fourth-order valence-electron chi connectivity index (χ4n) is 4.75. The third-order valence-electron chi connectivity index (χ3n) is 6.62. The summed E-state index contributed by atoms with van der Waals surface area (Å²) in [5.41, 5.74) is 2.72. The van der Waals surface area contributed by atoms with E-state index in [-0.39, 0.29) is 12.6 Å². The van der Waals surface area contributed by atoms with Crippen molar-refractivity contribution >= 4 is 40.1 Å². The number of nitrogens with zero attached hydrogens (tertiary/aromatic N) is 8. The largest absolute Gasteiger partial charge is 0.487 e. The normalized spacial score (nSPS) is 16.6. The fraction of sp³-hybridized carbons (Fsp3) is 0.200. The highest BCUT2D eigenvalue weighted by atomic mass is 16.5. The van der Waals surface area contributed by atoms with Crippen molar-refractivity contribution < 1.29 is 19.4 Å². The quantitative estimate of drug-likeness (QED) is 0.367. The second kappa shape index (κ2) is 8.73. The van der Waals surface area contributed by atoms with Gasteiger partial charge in [-0.1, -0.05) is 0 Å². The van der Waals surface area contributed by atoms with Crippen LogP contribution in [0.2, 0.25) is 0 Å². The molecule has 0 saturated carbocycles. The Hall–Kier alpha value is -5.20. The van der Waals surface area contributed by atoms with Crippen LogP contribution in [0.15, 0.2) is 61.3 Å². The molecule has 0 radical (unpaired) electrons. The second-order valence-electron chi connectivity index (χ2n) is 8.96. The van der Waals surface area contributed by atoms with Gasteiger partial charge < -0.3 is 24.8 Å². The predicted octanol–water partition coefficient (Wildman–Crippen LogP) is 3.16. The number of carboxylic acid groups (broad SMARTS) is 1. The Labute approximate surface area is 215 Å². The minimum atomic E-state index is -0.938. The SMILES string of the molecule is O=C(O)N1CCN2C[C@H]1COc1cc3ncnc(Nc4ccc(Oc5ccn6ncnc6c5)cc4)c3nc12. The van der Waals surface area contributed by atoms with Crippen LogP contribution >= 0.6 is 0 Å². The van der Waals surface area contributed by atoms with Crippen molar-refractivity contribution in [1.82, 2.24) is 34.4 Å². The monoisotopic (exact) mass is 511 g/mol. The van der Waals surface area contributed by atoms with Gasteiger partial charge in [0.25, 0.3) is 0 Å². The highest BCUT2D eigenvalue weighted by Crippen LogP contribution is 2.36. The zero-order chi connectivity index (χ0) is 25.6. The average Bonchev–Trinajstić information content (AvgIpc) is 3.35. The molecule has 13 heteroatoms. The molecule has 2 N–H and O–H groups in total. The summed E-state index contributed by atoms with van der Waals surface area (Å²) in [5.74, 6) is 3.13. The lowest BCUT2D eigenvalue weighted by atomic mass is 10.2. The lowest BCUT2D eigenvalue weighted by Gasteiger charge is -2.37. The van der Waals surface area contributed by atoms with Crippen LogP contribution in [-0.4, -0.2) is 77.9 Å². The number of rotatable bonds is 4. The van der Waals surface area contributed by atoms with Gasteiger partial charge in [-0.2, -0.15) is 5.10 Å². The number of hydrogen-bond acceptors (Lipinski definition) is 10. The van der Waals surface area contributed by atoms with Gasteiger partial charge >= 0.3 is 6.09 Å². The summed E-state index contributed by atoms with van der Waals surface area (Å²) in [6, 6.07) is 12.7. The number of aromatic nitrogens is 6. The van der Waals surface area contributed by atoms with E-state index < -0.39 is 6.09 Å². The molecule has 4 aromatic heterocycles. The van der Waals surface area contributed by atoms with E-state index in [1.165, 1.54) is 17.6 Å². The second-order valence-corrected chi connectivity index (χ2v) is 8.96. The van der Waals surface area contributed by atoms with Gasteiger partial charge in [-0.15, -0.1) is 0 Å². The molecule has 13 nitrogen and oxygen atoms in total. The lowest BCUT2D eigenvalue weighted by molar-refractivity contribution is 0.101. The minimum Gasteiger partial charge on any atom is -0.487 e. The molecule has 1 saturated heterocycles. The molecule has 1 atom stereocenters. The molecule has 2 aliphatic heterocycles. The first kappa shape index (κ1) is 22.0. The van der Waals surface area contributed by atoms with Crippen molar-refractivity contribution in [3.63, 3.8) is 0 Å². The molecule has 5 aromatic rings. The van der Waals surface area contributed by atoms with Crippen molar-refractivity contribution in [2.24, 2.45) is 0 Å². The first-order valence-electron chi connectivity index (χ1n) is 12.0. The van der Waals surface area contributed by atoms with Gasteiger partial charge in [-0.25, -0.2) is 29.2 Å². The van der Waals surface area contributed by atoms with E-state index in [4.69, 9.17) is 14.5 Å². The van der Waals surface area contributed by atoms with Gasteiger partial charge in [0.2, 0.25) is 0 Å².